The van der Waals surface area contributed by atoms with Crippen LogP contribution in [-0.2, 0) is 0 Å². The van der Waals surface area contributed by atoms with Gasteiger partial charge >= 0.3 is 12.1 Å². The van der Waals surface area contributed by atoms with Gasteiger partial charge < -0.3 is 14.9 Å². The number of halogens is 3. The molecule has 1 atom stereocenters. The van der Waals surface area contributed by atoms with Gasteiger partial charge in [-0.3, -0.25) is 0 Å². The molecular formula is C10H9F3O4. The number of methoxy groups -OCH3 is 1. The van der Waals surface area contributed by atoms with Crippen LogP contribution in [-0.4, -0.2) is 29.5 Å². The quantitative estimate of drug-likeness (QED) is 0.860. The van der Waals surface area contributed by atoms with Gasteiger partial charge in [-0.15, -0.1) is 0 Å². The summed E-state index contributed by atoms with van der Waals surface area (Å²) >= 11 is 0. The predicted molar refractivity (Wildman–Crippen MR) is 51.0 cm³/mol. The lowest BCUT2D eigenvalue weighted by molar-refractivity contribution is -0.206. The molecule has 0 radical (unpaired) electrons. The zero-order chi connectivity index (χ0) is 13.2. The van der Waals surface area contributed by atoms with Crippen LogP contribution >= 0.6 is 0 Å². The van der Waals surface area contributed by atoms with Crippen LogP contribution in [0.5, 0.6) is 5.75 Å². The molecule has 4 nitrogen and oxygen atoms in total. The summed E-state index contributed by atoms with van der Waals surface area (Å²) in [6, 6.07) is 2.76. The molecule has 0 amide bonds. The molecular weight excluding hydrogens is 241 g/mol. The van der Waals surface area contributed by atoms with Gasteiger partial charge in [0.15, 0.2) is 6.10 Å². The highest BCUT2D eigenvalue weighted by atomic mass is 19.4. The Morgan fingerprint density at radius 1 is 1.41 bits per heavy atom. The molecule has 17 heavy (non-hydrogen) atoms. The molecule has 7 heteroatoms. The first-order valence-electron chi connectivity index (χ1n) is 4.43. The third-order valence-electron chi connectivity index (χ3n) is 2.08. The molecule has 0 aliphatic heterocycles. The van der Waals surface area contributed by atoms with Crippen LogP contribution in [0.4, 0.5) is 13.2 Å². The minimum Gasteiger partial charge on any atom is -0.496 e. The zero-order valence-electron chi connectivity index (χ0n) is 8.65. The van der Waals surface area contributed by atoms with Crippen molar-refractivity contribution in [3.63, 3.8) is 0 Å². The summed E-state index contributed by atoms with van der Waals surface area (Å²) in [6.07, 6.45) is -7.56. The highest BCUT2D eigenvalue weighted by Gasteiger charge is 2.39. The maximum absolute atomic E-state index is 12.2. The van der Waals surface area contributed by atoms with Crippen molar-refractivity contribution < 1.29 is 32.9 Å². The number of aliphatic hydroxyl groups excluding tert-OH is 1. The van der Waals surface area contributed by atoms with E-state index in [0.29, 0.717) is 0 Å². The zero-order valence-corrected chi connectivity index (χ0v) is 8.65. The molecule has 0 heterocycles. The van der Waals surface area contributed by atoms with Gasteiger partial charge in [-0.25, -0.2) is 4.79 Å². The number of carboxylic acid groups (broad SMARTS) is 1. The van der Waals surface area contributed by atoms with E-state index in [2.05, 4.69) is 4.74 Å². The number of hydrogen-bond donors (Lipinski definition) is 2. The Labute approximate surface area is 94.3 Å². The number of ether oxygens (including phenoxy) is 1. The van der Waals surface area contributed by atoms with E-state index >= 15 is 0 Å². The summed E-state index contributed by atoms with van der Waals surface area (Å²) in [6.45, 7) is 0. The topological polar surface area (TPSA) is 66.8 Å². The second kappa shape index (κ2) is 4.62. The van der Waals surface area contributed by atoms with Crippen molar-refractivity contribution in [2.45, 2.75) is 12.3 Å². The van der Waals surface area contributed by atoms with E-state index in [1.165, 1.54) is 7.11 Å². The van der Waals surface area contributed by atoms with E-state index in [9.17, 15) is 18.0 Å². The molecule has 0 spiro atoms. The molecule has 1 unspecified atom stereocenters. The van der Waals surface area contributed by atoms with Gasteiger partial charge in [0.05, 0.1) is 7.11 Å². The smallest absolute Gasteiger partial charge is 0.418 e. The lowest BCUT2D eigenvalue weighted by Gasteiger charge is -2.16. The van der Waals surface area contributed by atoms with Gasteiger partial charge in [0, 0.05) is 0 Å². The molecule has 0 aromatic heterocycles. The SMILES string of the molecule is COc1ccc(C(O)C(F)(F)F)cc1C(=O)O. The second-order valence-corrected chi connectivity index (χ2v) is 3.21. The van der Waals surface area contributed by atoms with E-state index < -0.39 is 29.4 Å². The third kappa shape index (κ3) is 2.88. The molecule has 1 aromatic rings. The van der Waals surface area contributed by atoms with Crippen LogP contribution < -0.4 is 4.74 Å². The summed E-state index contributed by atoms with van der Waals surface area (Å²) in [4.78, 5) is 10.8. The molecule has 1 aromatic carbocycles. The highest BCUT2D eigenvalue weighted by Crippen LogP contribution is 2.34. The summed E-state index contributed by atoms with van der Waals surface area (Å²) in [5.74, 6) is -1.51. The Morgan fingerprint density at radius 2 is 2.00 bits per heavy atom. The van der Waals surface area contributed by atoms with Gasteiger partial charge in [-0.1, -0.05) is 6.07 Å². The number of aliphatic hydroxyl groups is 1. The average Bonchev–Trinajstić information content (AvgIpc) is 2.25. The number of rotatable bonds is 3. The van der Waals surface area contributed by atoms with Gasteiger partial charge in [0.25, 0.3) is 0 Å². The molecule has 0 saturated carbocycles. The fourth-order valence-corrected chi connectivity index (χ4v) is 1.25. The monoisotopic (exact) mass is 250 g/mol. The van der Waals surface area contributed by atoms with Crippen molar-refractivity contribution in [2.75, 3.05) is 7.11 Å². The van der Waals surface area contributed by atoms with Crippen molar-refractivity contribution in [3.8, 4) is 5.75 Å². The highest BCUT2D eigenvalue weighted by molar-refractivity contribution is 5.91. The fourth-order valence-electron chi connectivity index (χ4n) is 1.25. The number of hydrogen-bond acceptors (Lipinski definition) is 3. The van der Waals surface area contributed by atoms with Gasteiger partial charge in [-0.05, 0) is 17.7 Å². The number of benzene rings is 1. The van der Waals surface area contributed by atoms with E-state index in [-0.39, 0.29) is 5.75 Å². The van der Waals surface area contributed by atoms with Crippen LogP contribution in [0.25, 0.3) is 0 Å². The van der Waals surface area contributed by atoms with Crippen molar-refractivity contribution >= 4 is 5.97 Å². The summed E-state index contributed by atoms with van der Waals surface area (Å²) < 4.78 is 41.3. The Bertz CT molecular complexity index is 428. The molecule has 2 N–H and O–H groups in total. The van der Waals surface area contributed by atoms with E-state index in [4.69, 9.17) is 10.2 Å². The number of alkyl halides is 3. The Balaban J connectivity index is 3.21. The molecule has 0 aliphatic rings. The van der Waals surface area contributed by atoms with E-state index in [1.54, 1.807) is 0 Å². The Morgan fingerprint density at radius 3 is 2.41 bits per heavy atom. The fraction of sp³-hybridized carbons (Fsp3) is 0.300. The lowest BCUT2D eigenvalue weighted by atomic mass is 10.0. The summed E-state index contributed by atoms with van der Waals surface area (Å²) in [5, 5.41) is 17.7. The van der Waals surface area contributed by atoms with Crippen molar-refractivity contribution in [1.29, 1.82) is 0 Å². The van der Waals surface area contributed by atoms with Crippen LogP contribution in [0, 0.1) is 0 Å². The summed E-state index contributed by atoms with van der Waals surface area (Å²) in [7, 11) is 1.20. The molecule has 0 bridgehead atoms. The van der Waals surface area contributed by atoms with Crippen LogP contribution in [0.15, 0.2) is 18.2 Å². The Kier molecular flexibility index (Phi) is 3.62. The van der Waals surface area contributed by atoms with E-state index in [1.807, 2.05) is 0 Å². The minimum absolute atomic E-state index is 0.0735. The van der Waals surface area contributed by atoms with Gasteiger partial charge in [-0.2, -0.15) is 13.2 Å². The van der Waals surface area contributed by atoms with Gasteiger partial charge in [0.2, 0.25) is 0 Å². The number of carboxylic acids is 1. The largest absolute Gasteiger partial charge is 0.496 e. The van der Waals surface area contributed by atoms with Crippen molar-refractivity contribution in [2.24, 2.45) is 0 Å². The number of carbonyl (C=O) groups is 1. The van der Waals surface area contributed by atoms with Crippen molar-refractivity contribution in [1.82, 2.24) is 0 Å². The molecule has 1 rings (SSSR count). The molecule has 0 aliphatic carbocycles. The minimum atomic E-state index is -4.84. The third-order valence-corrected chi connectivity index (χ3v) is 2.08. The molecule has 0 saturated heterocycles. The van der Waals surface area contributed by atoms with Crippen LogP contribution in [0.2, 0.25) is 0 Å². The molecule has 94 valence electrons. The van der Waals surface area contributed by atoms with Gasteiger partial charge in [0.1, 0.15) is 11.3 Å². The summed E-state index contributed by atoms with van der Waals surface area (Å²) in [5.41, 5.74) is -0.982. The predicted octanol–water partition coefficient (Wildman–Crippen LogP) is 1.99. The maximum atomic E-state index is 12.2. The van der Waals surface area contributed by atoms with E-state index in [0.717, 1.165) is 18.2 Å². The Hall–Kier alpha value is -1.76. The standard InChI is InChI=1S/C10H9F3O4/c1-17-7-3-2-5(4-6(7)9(15)16)8(14)10(11,12)13/h2-4,8,14H,1H3,(H,15,16). The van der Waals surface area contributed by atoms with Crippen LogP contribution in [0.1, 0.15) is 22.0 Å². The first kappa shape index (κ1) is 13.3. The maximum Gasteiger partial charge on any atom is 0.418 e. The van der Waals surface area contributed by atoms with Crippen LogP contribution in [0.3, 0.4) is 0 Å². The normalized spacial score (nSPS) is 13.2. The second-order valence-electron chi connectivity index (χ2n) is 3.21. The average molecular weight is 250 g/mol. The molecule has 0 fully saturated rings. The first-order valence-corrected chi connectivity index (χ1v) is 4.43. The number of aromatic carboxylic acids is 1. The first-order chi connectivity index (χ1) is 7.77. The lowest BCUT2D eigenvalue weighted by Crippen LogP contribution is -2.20. The van der Waals surface area contributed by atoms with Crippen molar-refractivity contribution in [3.05, 3.63) is 29.3 Å².